The summed E-state index contributed by atoms with van der Waals surface area (Å²) in [5.74, 6) is 0.531. The number of rotatable bonds is 9. The van der Waals surface area contributed by atoms with Crippen molar-refractivity contribution in [2.24, 2.45) is 0 Å². The van der Waals surface area contributed by atoms with Gasteiger partial charge in [0.25, 0.3) is 5.91 Å². The molecule has 0 atom stereocenters. The highest BCUT2D eigenvalue weighted by atomic mass is 32.2. The van der Waals surface area contributed by atoms with Crippen LogP contribution in [0.5, 0.6) is 11.5 Å². The van der Waals surface area contributed by atoms with Crippen LogP contribution in [0.2, 0.25) is 0 Å². The predicted molar refractivity (Wildman–Crippen MR) is 107 cm³/mol. The fourth-order valence-electron chi connectivity index (χ4n) is 2.57. The molecule has 0 aliphatic heterocycles. The number of sulfonamides is 1. The van der Waals surface area contributed by atoms with Gasteiger partial charge in [0, 0.05) is 18.2 Å². The first-order chi connectivity index (χ1) is 13.3. The number of para-hydroxylation sites is 1. The number of hydrogen-bond donors (Lipinski definition) is 2. The molecule has 152 valence electrons. The molecule has 2 N–H and O–H groups in total. The van der Waals surface area contributed by atoms with Crippen molar-refractivity contribution in [1.29, 1.82) is 0 Å². The monoisotopic (exact) mass is 406 g/mol. The van der Waals surface area contributed by atoms with Crippen LogP contribution in [0, 0.1) is 0 Å². The van der Waals surface area contributed by atoms with Gasteiger partial charge in [-0.3, -0.25) is 4.79 Å². The molecule has 0 aromatic heterocycles. The van der Waals surface area contributed by atoms with Crippen LogP contribution in [-0.4, -0.2) is 34.1 Å². The molecule has 7 nitrogen and oxygen atoms in total. The van der Waals surface area contributed by atoms with E-state index in [1.807, 2.05) is 32.9 Å². The van der Waals surface area contributed by atoms with E-state index in [0.29, 0.717) is 18.1 Å². The first-order valence-corrected chi connectivity index (χ1v) is 10.5. The van der Waals surface area contributed by atoms with Crippen LogP contribution in [0.3, 0.4) is 0 Å². The summed E-state index contributed by atoms with van der Waals surface area (Å²) in [5.41, 5.74) is 0.882. The minimum Gasteiger partial charge on any atom is -0.496 e. The summed E-state index contributed by atoms with van der Waals surface area (Å²) in [6.45, 7) is 6.06. The first kappa shape index (κ1) is 21.7. The number of benzene rings is 2. The van der Waals surface area contributed by atoms with Crippen LogP contribution in [0.15, 0.2) is 47.4 Å². The van der Waals surface area contributed by atoms with Gasteiger partial charge in [0.1, 0.15) is 11.5 Å². The van der Waals surface area contributed by atoms with Gasteiger partial charge in [0.15, 0.2) is 0 Å². The van der Waals surface area contributed by atoms with E-state index in [4.69, 9.17) is 9.47 Å². The van der Waals surface area contributed by atoms with Crippen molar-refractivity contribution < 1.29 is 22.7 Å². The molecule has 0 radical (unpaired) electrons. The first-order valence-electron chi connectivity index (χ1n) is 8.97. The standard InChI is InChI=1S/C20H26N2O5S/c1-5-27-18-9-7-6-8-15(18)13-21-28(24,25)16-10-11-19(26-4)17(12-16)20(23)22-14(2)3/h6-12,14,21H,5,13H2,1-4H3,(H,22,23). The maximum atomic E-state index is 12.7. The van der Waals surface area contributed by atoms with Gasteiger partial charge in [-0.05, 0) is 45.0 Å². The molecule has 0 heterocycles. The Morgan fingerprint density at radius 1 is 1.11 bits per heavy atom. The number of methoxy groups -OCH3 is 1. The summed E-state index contributed by atoms with van der Waals surface area (Å²) >= 11 is 0. The fourth-order valence-corrected chi connectivity index (χ4v) is 3.61. The van der Waals surface area contributed by atoms with E-state index < -0.39 is 15.9 Å². The lowest BCUT2D eigenvalue weighted by atomic mass is 10.2. The molecule has 0 aliphatic rings. The van der Waals surface area contributed by atoms with Gasteiger partial charge in [0.2, 0.25) is 10.0 Å². The minimum atomic E-state index is -3.84. The summed E-state index contributed by atoms with van der Waals surface area (Å²) < 4.78 is 38.8. The van der Waals surface area contributed by atoms with Crippen LogP contribution in [-0.2, 0) is 16.6 Å². The zero-order valence-electron chi connectivity index (χ0n) is 16.5. The highest BCUT2D eigenvalue weighted by Gasteiger charge is 2.20. The third-order valence-electron chi connectivity index (χ3n) is 3.87. The molecule has 0 fully saturated rings. The van der Waals surface area contributed by atoms with Crippen LogP contribution >= 0.6 is 0 Å². The highest BCUT2D eigenvalue weighted by molar-refractivity contribution is 7.89. The van der Waals surface area contributed by atoms with Crippen molar-refractivity contribution in [1.82, 2.24) is 10.0 Å². The van der Waals surface area contributed by atoms with E-state index in [2.05, 4.69) is 10.0 Å². The Bertz CT molecular complexity index is 926. The van der Waals surface area contributed by atoms with Gasteiger partial charge >= 0.3 is 0 Å². The highest BCUT2D eigenvalue weighted by Crippen LogP contribution is 2.23. The average Bonchev–Trinajstić information content (AvgIpc) is 2.66. The van der Waals surface area contributed by atoms with Crippen molar-refractivity contribution in [3.63, 3.8) is 0 Å². The Balaban J connectivity index is 2.27. The molecule has 2 aromatic carbocycles. The number of ether oxygens (including phenoxy) is 2. The van der Waals surface area contributed by atoms with E-state index in [-0.39, 0.29) is 23.0 Å². The maximum absolute atomic E-state index is 12.7. The smallest absolute Gasteiger partial charge is 0.255 e. The molecule has 8 heteroatoms. The number of amides is 1. The second kappa shape index (κ2) is 9.57. The molecule has 0 aliphatic carbocycles. The maximum Gasteiger partial charge on any atom is 0.255 e. The summed E-state index contributed by atoms with van der Waals surface area (Å²) in [7, 11) is -2.41. The van der Waals surface area contributed by atoms with Gasteiger partial charge in [-0.1, -0.05) is 18.2 Å². The Kier molecular flexibility index (Phi) is 7.42. The van der Waals surface area contributed by atoms with Crippen molar-refractivity contribution >= 4 is 15.9 Å². The Morgan fingerprint density at radius 3 is 2.46 bits per heavy atom. The number of carbonyl (C=O) groups excluding carboxylic acids is 1. The minimum absolute atomic E-state index is 0.0175. The topological polar surface area (TPSA) is 93.7 Å². The molecular formula is C20H26N2O5S. The van der Waals surface area contributed by atoms with E-state index in [0.717, 1.165) is 5.56 Å². The molecule has 0 spiro atoms. The lowest BCUT2D eigenvalue weighted by Crippen LogP contribution is -2.31. The molecule has 2 aromatic rings. The largest absolute Gasteiger partial charge is 0.496 e. The molecular weight excluding hydrogens is 380 g/mol. The van der Waals surface area contributed by atoms with E-state index in [1.165, 1.54) is 25.3 Å². The number of hydrogen-bond acceptors (Lipinski definition) is 5. The molecule has 0 saturated carbocycles. The predicted octanol–water partition coefficient (Wildman–Crippen LogP) is 2.71. The van der Waals surface area contributed by atoms with E-state index >= 15 is 0 Å². The normalized spacial score (nSPS) is 11.3. The second-order valence-electron chi connectivity index (χ2n) is 6.36. The van der Waals surface area contributed by atoms with Crippen LogP contribution in [0.25, 0.3) is 0 Å². The Labute approximate surface area is 166 Å². The van der Waals surface area contributed by atoms with Gasteiger partial charge < -0.3 is 14.8 Å². The SMILES string of the molecule is CCOc1ccccc1CNS(=O)(=O)c1ccc(OC)c(C(=O)NC(C)C)c1. The van der Waals surface area contributed by atoms with E-state index in [1.54, 1.807) is 12.1 Å². The molecule has 2 rings (SSSR count). The van der Waals surface area contributed by atoms with Crippen molar-refractivity contribution in [3.8, 4) is 11.5 Å². The summed E-state index contributed by atoms with van der Waals surface area (Å²) in [4.78, 5) is 12.4. The zero-order chi connectivity index (χ0) is 20.7. The molecule has 0 bridgehead atoms. The fraction of sp³-hybridized carbons (Fsp3) is 0.350. The van der Waals surface area contributed by atoms with Crippen molar-refractivity contribution in [2.45, 2.75) is 38.3 Å². The molecule has 1 amide bonds. The summed E-state index contributed by atoms with van der Waals surface area (Å²) in [6.07, 6.45) is 0. The number of carbonyl (C=O) groups is 1. The Morgan fingerprint density at radius 2 is 1.82 bits per heavy atom. The second-order valence-corrected chi connectivity index (χ2v) is 8.12. The summed E-state index contributed by atoms with van der Waals surface area (Å²) in [6, 6.07) is 11.3. The van der Waals surface area contributed by atoms with Gasteiger partial charge in [-0.2, -0.15) is 0 Å². The van der Waals surface area contributed by atoms with Crippen LogP contribution in [0.4, 0.5) is 0 Å². The van der Waals surface area contributed by atoms with Crippen molar-refractivity contribution in [3.05, 3.63) is 53.6 Å². The third kappa shape index (κ3) is 5.46. The van der Waals surface area contributed by atoms with Gasteiger partial charge in [0.05, 0.1) is 24.2 Å². The van der Waals surface area contributed by atoms with Crippen LogP contribution in [0.1, 0.15) is 36.7 Å². The zero-order valence-corrected chi connectivity index (χ0v) is 17.3. The lowest BCUT2D eigenvalue weighted by Gasteiger charge is -2.14. The summed E-state index contributed by atoms with van der Waals surface area (Å²) in [5, 5.41) is 2.74. The molecule has 0 saturated heterocycles. The molecule has 28 heavy (non-hydrogen) atoms. The average molecular weight is 407 g/mol. The van der Waals surface area contributed by atoms with Crippen molar-refractivity contribution in [2.75, 3.05) is 13.7 Å². The van der Waals surface area contributed by atoms with Crippen LogP contribution < -0.4 is 19.5 Å². The lowest BCUT2D eigenvalue weighted by molar-refractivity contribution is 0.0940. The molecule has 0 unspecified atom stereocenters. The quantitative estimate of drug-likeness (QED) is 0.668. The van der Waals surface area contributed by atoms with E-state index in [9.17, 15) is 13.2 Å². The number of nitrogens with one attached hydrogen (secondary N) is 2. The third-order valence-corrected chi connectivity index (χ3v) is 5.27. The Hall–Kier alpha value is -2.58. The van der Waals surface area contributed by atoms with Gasteiger partial charge in [-0.25, -0.2) is 13.1 Å². The van der Waals surface area contributed by atoms with Gasteiger partial charge in [-0.15, -0.1) is 0 Å².